The first kappa shape index (κ1) is 19.6. The molecular formula is C16H24N2O7. The van der Waals surface area contributed by atoms with Gasteiger partial charge in [0, 0.05) is 12.2 Å². The molecule has 2 rings (SSSR count). The SMILES string of the molecule is CCN1C(=O)N(c2ccccc2)[C@H](O)[C@@H]1[C@H](O)[C@@H](O)[C@@H](O)[C@H](O)CO. The lowest BCUT2D eigenvalue weighted by molar-refractivity contribution is -0.134. The molecule has 0 aromatic heterocycles. The van der Waals surface area contributed by atoms with Crippen molar-refractivity contribution >= 4 is 11.7 Å². The van der Waals surface area contributed by atoms with E-state index in [1.54, 1.807) is 37.3 Å². The molecule has 140 valence electrons. The normalized spacial score (nSPS) is 25.8. The van der Waals surface area contributed by atoms with E-state index in [0.717, 1.165) is 4.90 Å². The predicted octanol–water partition coefficient (Wildman–Crippen LogP) is -1.93. The number of urea groups is 1. The van der Waals surface area contributed by atoms with Gasteiger partial charge in [0.25, 0.3) is 0 Å². The molecule has 1 heterocycles. The molecule has 9 nitrogen and oxygen atoms in total. The molecule has 0 spiro atoms. The van der Waals surface area contributed by atoms with Crippen molar-refractivity contribution in [2.24, 2.45) is 0 Å². The van der Waals surface area contributed by atoms with Gasteiger partial charge in [-0.15, -0.1) is 0 Å². The Balaban J connectivity index is 2.28. The molecule has 1 saturated heterocycles. The minimum Gasteiger partial charge on any atom is -0.394 e. The maximum absolute atomic E-state index is 12.6. The van der Waals surface area contributed by atoms with Gasteiger partial charge in [-0.1, -0.05) is 18.2 Å². The minimum absolute atomic E-state index is 0.145. The van der Waals surface area contributed by atoms with Gasteiger partial charge >= 0.3 is 6.03 Å². The van der Waals surface area contributed by atoms with Gasteiger partial charge in [0.1, 0.15) is 30.5 Å². The van der Waals surface area contributed by atoms with E-state index in [1.165, 1.54) is 4.90 Å². The largest absolute Gasteiger partial charge is 0.394 e. The molecule has 2 amide bonds. The van der Waals surface area contributed by atoms with Crippen LogP contribution in [-0.2, 0) is 0 Å². The number of aliphatic hydroxyl groups excluding tert-OH is 6. The number of rotatable bonds is 7. The van der Waals surface area contributed by atoms with Crippen LogP contribution in [0.25, 0.3) is 0 Å². The molecule has 0 radical (unpaired) electrons. The van der Waals surface area contributed by atoms with E-state index in [-0.39, 0.29) is 6.54 Å². The zero-order valence-corrected chi connectivity index (χ0v) is 13.8. The summed E-state index contributed by atoms with van der Waals surface area (Å²) in [5.74, 6) is 0. The molecule has 1 aliphatic heterocycles. The van der Waals surface area contributed by atoms with Crippen molar-refractivity contribution in [3.8, 4) is 0 Å². The molecule has 0 unspecified atom stereocenters. The summed E-state index contributed by atoms with van der Waals surface area (Å²) in [5.41, 5.74) is 0.415. The molecule has 0 saturated carbocycles. The lowest BCUT2D eigenvalue weighted by Gasteiger charge is -2.33. The van der Waals surface area contributed by atoms with Gasteiger partial charge in [0.05, 0.1) is 6.61 Å². The topological polar surface area (TPSA) is 145 Å². The van der Waals surface area contributed by atoms with Crippen molar-refractivity contribution in [2.75, 3.05) is 18.1 Å². The summed E-state index contributed by atoms with van der Waals surface area (Å²) in [5, 5.41) is 59.1. The predicted molar refractivity (Wildman–Crippen MR) is 87.6 cm³/mol. The van der Waals surface area contributed by atoms with Gasteiger partial charge in [0.2, 0.25) is 0 Å². The van der Waals surface area contributed by atoms with Crippen molar-refractivity contribution in [1.82, 2.24) is 4.90 Å². The fourth-order valence-electron chi connectivity index (χ4n) is 2.99. The van der Waals surface area contributed by atoms with Crippen LogP contribution in [-0.4, -0.2) is 91.4 Å². The van der Waals surface area contributed by atoms with Crippen LogP contribution in [0.5, 0.6) is 0 Å². The highest BCUT2D eigenvalue weighted by atomic mass is 16.4. The quantitative estimate of drug-likeness (QED) is 0.334. The number of nitrogens with zero attached hydrogens (tertiary/aromatic N) is 2. The average molecular weight is 356 g/mol. The molecule has 6 atom stereocenters. The van der Waals surface area contributed by atoms with Crippen molar-refractivity contribution in [3.05, 3.63) is 30.3 Å². The molecule has 25 heavy (non-hydrogen) atoms. The Morgan fingerprint density at radius 1 is 1.08 bits per heavy atom. The second-order valence-electron chi connectivity index (χ2n) is 5.90. The second-order valence-corrected chi connectivity index (χ2v) is 5.90. The Bertz CT molecular complexity index is 573. The van der Waals surface area contributed by atoms with Gasteiger partial charge in [-0.25, -0.2) is 4.79 Å². The summed E-state index contributed by atoms with van der Waals surface area (Å²) in [7, 11) is 0. The smallest absolute Gasteiger partial charge is 0.327 e. The first-order valence-corrected chi connectivity index (χ1v) is 8.01. The number of anilines is 1. The number of hydrogen-bond donors (Lipinski definition) is 6. The maximum atomic E-state index is 12.6. The van der Waals surface area contributed by atoms with E-state index in [4.69, 9.17) is 5.11 Å². The lowest BCUT2D eigenvalue weighted by Crippen LogP contribution is -2.56. The van der Waals surface area contributed by atoms with Crippen molar-refractivity contribution in [2.45, 2.75) is 43.6 Å². The molecule has 1 aliphatic rings. The Morgan fingerprint density at radius 3 is 2.20 bits per heavy atom. The Labute approximate surface area is 145 Å². The van der Waals surface area contributed by atoms with Crippen LogP contribution < -0.4 is 4.90 Å². The molecule has 6 N–H and O–H groups in total. The zero-order chi connectivity index (χ0) is 18.7. The molecule has 9 heteroatoms. The number of amides is 2. The standard InChI is InChI=1S/C16H24N2O7/c1-2-17-11(13(22)14(23)12(21)10(20)8-19)15(24)18(16(17)25)9-6-4-3-5-7-9/h3-7,10-15,19-24H,2,8H2,1H3/t10-,11+,12+,13+,14+,15-/m1/s1. The van der Waals surface area contributed by atoms with Gasteiger partial charge in [-0.3, -0.25) is 4.90 Å². The highest BCUT2D eigenvalue weighted by Gasteiger charge is 2.51. The molecule has 1 aromatic carbocycles. The Hall–Kier alpha value is -1.75. The number of carbonyl (C=O) groups excluding carboxylic acids is 1. The first-order valence-electron chi connectivity index (χ1n) is 8.01. The van der Waals surface area contributed by atoms with Crippen LogP contribution in [0, 0.1) is 0 Å². The lowest BCUT2D eigenvalue weighted by atomic mass is 9.96. The molecular weight excluding hydrogens is 332 g/mol. The van der Waals surface area contributed by atoms with Gasteiger partial charge < -0.3 is 35.5 Å². The molecule has 1 aromatic rings. The number of hydrogen-bond acceptors (Lipinski definition) is 7. The molecule has 1 fully saturated rings. The fourth-order valence-corrected chi connectivity index (χ4v) is 2.99. The number of para-hydroxylation sites is 1. The highest BCUT2D eigenvalue weighted by molar-refractivity contribution is 5.95. The number of benzene rings is 1. The summed E-state index contributed by atoms with van der Waals surface area (Å²) >= 11 is 0. The number of likely N-dealkylation sites (N-methyl/N-ethyl adjacent to an activating group) is 1. The van der Waals surface area contributed by atoms with Crippen molar-refractivity contribution < 1.29 is 35.4 Å². The fraction of sp³-hybridized carbons (Fsp3) is 0.562. The van der Waals surface area contributed by atoms with Gasteiger partial charge in [0.15, 0.2) is 6.23 Å². The molecule has 0 aliphatic carbocycles. The Kier molecular flexibility index (Phi) is 6.33. The van der Waals surface area contributed by atoms with Crippen LogP contribution in [0.1, 0.15) is 6.92 Å². The summed E-state index contributed by atoms with van der Waals surface area (Å²) in [4.78, 5) is 14.8. The van der Waals surface area contributed by atoms with Gasteiger partial charge in [-0.2, -0.15) is 0 Å². The number of carbonyl (C=O) groups is 1. The van der Waals surface area contributed by atoms with E-state index in [2.05, 4.69) is 0 Å². The first-order chi connectivity index (χ1) is 11.8. The van der Waals surface area contributed by atoms with E-state index in [9.17, 15) is 30.3 Å². The van der Waals surface area contributed by atoms with Crippen LogP contribution in [0.2, 0.25) is 0 Å². The van der Waals surface area contributed by atoms with Crippen molar-refractivity contribution in [1.29, 1.82) is 0 Å². The van der Waals surface area contributed by atoms with E-state index in [1.807, 2.05) is 0 Å². The van der Waals surface area contributed by atoms with E-state index in [0.29, 0.717) is 5.69 Å². The third-order valence-electron chi connectivity index (χ3n) is 4.39. The van der Waals surface area contributed by atoms with E-state index < -0.39 is 49.3 Å². The highest BCUT2D eigenvalue weighted by Crippen LogP contribution is 2.30. The monoisotopic (exact) mass is 356 g/mol. The van der Waals surface area contributed by atoms with E-state index >= 15 is 0 Å². The van der Waals surface area contributed by atoms with Crippen molar-refractivity contribution in [3.63, 3.8) is 0 Å². The van der Waals surface area contributed by atoms with Gasteiger partial charge in [-0.05, 0) is 19.1 Å². The summed E-state index contributed by atoms with van der Waals surface area (Å²) in [6, 6.07) is 6.56. The van der Waals surface area contributed by atoms with Crippen LogP contribution in [0.4, 0.5) is 10.5 Å². The summed E-state index contributed by atoms with van der Waals surface area (Å²) < 4.78 is 0. The number of aliphatic hydroxyl groups is 6. The van der Waals surface area contributed by atoms with Crippen LogP contribution in [0.3, 0.4) is 0 Å². The average Bonchev–Trinajstić information content (AvgIpc) is 2.89. The minimum atomic E-state index is -1.88. The second kappa shape index (κ2) is 8.09. The Morgan fingerprint density at radius 2 is 1.68 bits per heavy atom. The maximum Gasteiger partial charge on any atom is 0.327 e. The van der Waals surface area contributed by atoms with Crippen LogP contribution >= 0.6 is 0 Å². The summed E-state index contributed by atoms with van der Waals surface area (Å²) in [6.45, 7) is 0.973. The molecule has 0 bridgehead atoms. The summed E-state index contributed by atoms with van der Waals surface area (Å²) in [6.07, 6.45) is -8.60. The third kappa shape index (κ3) is 3.61. The third-order valence-corrected chi connectivity index (χ3v) is 4.39. The van der Waals surface area contributed by atoms with Crippen LogP contribution in [0.15, 0.2) is 30.3 Å². The zero-order valence-electron chi connectivity index (χ0n) is 13.8.